The second kappa shape index (κ2) is 6.49. The van der Waals surface area contributed by atoms with Crippen LogP contribution in [0.15, 0.2) is 12.4 Å². The summed E-state index contributed by atoms with van der Waals surface area (Å²) in [4.78, 5) is 10.7. The van der Waals surface area contributed by atoms with Crippen LogP contribution in [0.25, 0.3) is 0 Å². The number of hydrogen-bond acceptors (Lipinski definition) is 6. The normalized spacial score (nSPS) is 21.0. The molecule has 20 heavy (non-hydrogen) atoms. The summed E-state index contributed by atoms with van der Waals surface area (Å²) in [7, 11) is -0.992. The SMILES string of the molecule is CCCNCc1cnc(N(C)C2CCS(=O)(=O)C2)cn1. The van der Waals surface area contributed by atoms with Gasteiger partial charge < -0.3 is 10.2 Å². The molecule has 1 N–H and O–H groups in total. The summed E-state index contributed by atoms with van der Waals surface area (Å²) in [6, 6.07) is 0.0124. The zero-order valence-electron chi connectivity index (χ0n) is 12.0. The van der Waals surface area contributed by atoms with Crippen molar-refractivity contribution in [1.82, 2.24) is 15.3 Å². The molecule has 0 amide bonds. The van der Waals surface area contributed by atoms with Crippen LogP contribution in [-0.4, -0.2) is 49.5 Å². The summed E-state index contributed by atoms with van der Waals surface area (Å²) in [5.74, 6) is 1.21. The highest BCUT2D eigenvalue weighted by Gasteiger charge is 2.31. The van der Waals surface area contributed by atoms with E-state index in [1.165, 1.54) is 0 Å². The van der Waals surface area contributed by atoms with Gasteiger partial charge in [0.2, 0.25) is 0 Å². The van der Waals surface area contributed by atoms with E-state index >= 15 is 0 Å². The van der Waals surface area contributed by atoms with Crippen LogP contribution in [0.2, 0.25) is 0 Å². The van der Waals surface area contributed by atoms with Crippen molar-refractivity contribution >= 4 is 15.7 Å². The minimum absolute atomic E-state index is 0.0124. The first-order valence-corrected chi connectivity index (χ1v) is 8.79. The fourth-order valence-corrected chi connectivity index (χ4v) is 4.06. The van der Waals surface area contributed by atoms with Gasteiger partial charge in [-0.3, -0.25) is 4.98 Å². The summed E-state index contributed by atoms with van der Waals surface area (Å²) < 4.78 is 23.0. The smallest absolute Gasteiger partial charge is 0.152 e. The van der Waals surface area contributed by atoms with Gasteiger partial charge >= 0.3 is 0 Å². The first kappa shape index (κ1) is 15.2. The first-order valence-electron chi connectivity index (χ1n) is 6.96. The van der Waals surface area contributed by atoms with Gasteiger partial charge in [-0.2, -0.15) is 0 Å². The van der Waals surface area contributed by atoms with E-state index in [1.54, 1.807) is 12.4 Å². The minimum atomic E-state index is -2.87. The van der Waals surface area contributed by atoms with Crippen LogP contribution in [-0.2, 0) is 16.4 Å². The molecule has 1 fully saturated rings. The summed E-state index contributed by atoms with van der Waals surface area (Å²) >= 11 is 0. The van der Waals surface area contributed by atoms with Gasteiger partial charge in [-0.1, -0.05) is 6.92 Å². The van der Waals surface area contributed by atoms with Crippen LogP contribution in [0.1, 0.15) is 25.5 Å². The highest BCUT2D eigenvalue weighted by atomic mass is 32.2. The van der Waals surface area contributed by atoms with Crippen molar-refractivity contribution in [2.75, 3.05) is 30.0 Å². The maximum atomic E-state index is 11.5. The molecule has 0 spiro atoms. The third kappa shape index (κ3) is 3.89. The lowest BCUT2D eigenvalue weighted by atomic mass is 10.2. The standard InChI is InChI=1S/C13H22N4O2S/c1-3-5-14-7-11-8-16-13(9-15-11)17(2)12-4-6-20(18,19)10-12/h8-9,12,14H,3-7,10H2,1-2H3. The van der Waals surface area contributed by atoms with Crippen molar-refractivity contribution in [1.29, 1.82) is 0 Å². The van der Waals surface area contributed by atoms with Gasteiger partial charge in [0.05, 0.1) is 29.6 Å². The van der Waals surface area contributed by atoms with Crippen LogP contribution in [0, 0.1) is 0 Å². The van der Waals surface area contributed by atoms with Crippen LogP contribution in [0.5, 0.6) is 0 Å². The molecule has 1 aliphatic rings. The van der Waals surface area contributed by atoms with Gasteiger partial charge in [0.15, 0.2) is 9.84 Å². The molecular weight excluding hydrogens is 276 g/mol. The molecule has 1 aliphatic heterocycles. The number of sulfone groups is 1. The van der Waals surface area contributed by atoms with Crippen molar-refractivity contribution in [2.45, 2.75) is 32.4 Å². The van der Waals surface area contributed by atoms with Gasteiger partial charge in [-0.25, -0.2) is 13.4 Å². The topological polar surface area (TPSA) is 75.2 Å². The molecule has 0 aromatic carbocycles. The molecule has 2 rings (SSSR count). The molecule has 1 saturated heterocycles. The van der Waals surface area contributed by atoms with E-state index in [4.69, 9.17) is 0 Å². The van der Waals surface area contributed by atoms with Gasteiger partial charge in [-0.15, -0.1) is 0 Å². The minimum Gasteiger partial charge on any atom is -0.354 e. The lowest BCUT2D eigenvalue weighted by Gasteiger charge is -2.24. The average Bonchev–Trinajstić information content (AvgIpc) is 2.79. The molecule has 1 aromatic heterocycles. The van der Waals surface area contributed by atoms with Crippen molar-refractivity contribution < 1.29 is 8.42 Å². The van der Waals surface area contributed by atoms with Crippen LogP contribution in [0.4, 0.5) is 5.82 Å². The number of anilines is 1. The van der Waals surface area contributed by atoms with E-state index < -0.39 is 9.84 Å². The number of hydrogen-bond donors (Lipinski definition) is 1. The molecule has 0 bridgehead atoms. The Labute approximate surface area is 120 Å². The summed E-state index contributed by atoms with van der Waals surface area (Å²) in [5, 5.41) is 3.27. The zero-order valence-corrected chi connectivity index (χ0v) is 12.9. The molecular formula is C13H22N4O2S. The third-order valence-electron chi connectivity index (χ3n) is 3.54. The van der Waals surface area contributed by atoms with E-state index in [1.807, 2.05) is 11.9 Å². The Hall–Kier alpha value is -1.21. The molecule has 0 aliphatic carbocycles. The summed E-state index contributed by atoms with van der Waals surface area (Å²) in [5.41, 5.74) is 0.898. The van der Waals surface area contributed by atoms with E-state index in [0.29, 0.717) is 13.0 Å². The molecule has 112 valence electrons. The molecule has 0 saturated carbocycles. The van der Waals surface area contributed by atoms with E-state index in [0.717, 1.165) is 24.5 Å². The van der Waals surface area contributed by atoms with Gasteiger partial charge in [0, 0.05) is 19.6 Å². The zero-order chi connectivity index (χ0) is 14.6. The molecule has 1 aromatic rings. The first-order chi connectivity index (χ1) is 9.52. The summed E-state index contributed by atoms with van der Waals surface area (Å²) in [6.45, 7) is 3.79. The lowest BCUT2D eigenvalue weighted by molar-refractivity contribution is 0.600. The van der Waals surface area contributed by atoms with Crippen LogP contribution in [0.3, 0.4) is 0 Å². The molecule has 2 heterocycles. The molecule has 6 nitrogen and oxygen atoms in total. The highest BCUT2D eigenvalue weighted by Crippen LogP contribution is 2.20. The molecule has 7 heteroatoms. The second-order valence-electron chi connectivity index (χ2n) is 5.21. The monoisotopic (exact) mass is 298 g/mol. The molecule has 0 radical (unpaired) electrons. The maximum Gasteiger partial charge on any atom is 0.152 e. The quantitative estimate of drug-likeness (QED) is 0.775. The van der Waals surface area contributed by atoms with Gasteiger partial charge in [-0.05, 0) is 19.4 Å². The highest BCUT2D eigenvalue weighted by molar-refractivity contribution is 7.91. The van der Waals surface area contributed by atoms with E-state index in [2.05, 4.69) is 22.2 Å². The molecule has 1 unspecified atom stereocenters. The van der Waals surface area contributed by atoms with Crippen molar-refractivity contribution in [3.63, 3.8) is 0 Å². The number of aromatic nitrogens is 2. The van der Waals surface area contributed by atoms with Crippen molar-refractivity contribution in [2.24, 2.45) is 0 Å². The van der Waals surface area contributed by atoms with Gasteiger partial charge in [0.1, 0.15) is 5.82 Å². The predicted molar refractivity (Wildman–Crippen MR) is 79.5 cm³/mol. The van der Waals surface area contributed by atoms with Crippen LogP contribution < -0.4 is 10.2 Å². The molecule has 1 atom stereocenters. The van der Waals surface area contributed by atoms with Crippen molar-refractivity contribution in [3.8, 4) is 0 Å². The summed E-state index contributed by atoms with van der Waals surface area (Å²) in [6.07, 6.45) is 5.22. The van der Waals surface area contributed by atoms with Crippen LogP contribution >= 0.6 is 0 Å². The van der Waals surface area contributed by atoms with Crippen molar-refractivity contribution in [3.05, 3.63) is 18.1 Å². The second-order valence-corrected chi connectivity index (χ2v) is 7.44. The Bertz CT molecular complexity index is 530. The third-order valence-corrected chi connectivity index (χ3v) is 5.29. The number of rotatable bonds is 6. The Morgan fingerprint density at radius 1 is 1.40 bits per heavy atom. The fraction of sp³-hybridized carbons (Fsp3) is 0.692. The largest absolute Gasteiger partial charge is 0.354 e. The van der Waals surface area contributed by atoms with Gasteiger partial charge in [0.25, 0.3) is 0 Å². The number of nitrogens with zero attached hydrogens (tertiary/aromatic N) is 3. The average molecular weight is 298 g/mol. The Kier molecular flexibility index (Phi) is 4.93. The van der Waals surface area contributed by atoms with E-state index in [-0.39, 0.29) is 17.5 Å². The Morgan fingerprint density at radius 3 is 2.75 bits per heavy atom. The van der Waals surface area contributed by atoms with E-state index in [9.17, 15) is 8.42 Å². The lowest BCUT2D eigenvalue weighted by Crippen LogP contribution is -2.33. The maximum absolute atomic E-state index is 11.5. The Balaban J connectivity index is 1.95. The number of nitrogens with one attached hydrogen (secondary N) is 1. The predicted octanol–water partition coefficient (Wildman–Crippen LogP) is 0.599. The fourth-order valence-electron chi connectivity index (χ4n) is 2.28. The Morgan fingerprint density at radius 2 is 2.20 bits per heavy atom.